The van der Waals surface area contributed by atoms with E-state index < -0.39 is 9.84 Å². The molecule has 23 heavy (non-hydrogen) atoms. The van der Waals surface area contributed by atoms with Crippen LogP contribution in [0.5, 0.6) is 0 Å². The molecule has 1 aromatic carbocycles. The van der Waals surface area contributed by atoms with Crippen LogP contribution in [0.4, 0.5) is 0 Å². The van der Waals surface area contributed by atoms with Gasteiger partial charge >= 0.3 is 0 Å². The minimum absolute atomic E-state index is 0.0155. The Balaban J connectivity index is 1.70. The quantitative estimate of drug-likeness (QED) is 0.927. The van der Waals surface area contributed by atoms with E-state index in [9.17, 15) is 13.2 Å². The number of nitrogens with one attached hydrogen (secondary N) is 1. The molecule has 1 saturated heterocycles. The maximum Gasteiger partial charge on any atom is 0.253 e. The zero-order chi connectivity index (χ0) is 16.4. The maximum atomic E-state index is 12.6. The van der Waals surface area contributed by atoms with Gasteiger partial charge in [0.15, 0.2) is 0 Å². The first-order chi connectivity index (χ1) is 11.0. The van der Waals surface area contributed by atoms with Crippen molar-refractivity contribution in [1.29, 1.82) is 0 Å². The molecule has 6 nitrogen and oxygen atoms in total. The molecule has 0 atom stereocenters. The van der Waals surface area contributed by atoms with Gasteiger partial charge in [-0.05, 0) is 36.6 Å². The summed E-state index contributed by atoms with van der Waals surface area (Å²) in [4.78, 5) is 14.2. The Labute approximate surface area is 135 Å². The van der Waals surface area contributed by atoms with E-state index in [0.717, 1.165) is 11.3 Å². The smallest absolute Gasteiger partial charge is 0.253 e. The SMILES string of the molecule is CN(C(=O)c1ccc(-c2ccn[nH]2)cc1)C1CCS(=O)(=O)CC1. The lowest BCUT2D eigenvalue weighted by Gasteiger charge is -2.31. The molecule has 0 bridgehead atoms. The van der Waals surface area contributed by atoms with Crippen molar-refractivity contribution in [2.24, 2.45) is 0 Å². The topological polar surface area (TPSA) is 83.1 Å². The summed E-state index contributed by atoms with van der Waals surface area (Å²) in [7, 11) is -1.17. The van der Waals surface area contributed by atoms with Crippen molar-refractivity contribution >= 4 is 15.7 Å². The third kappa shape index (κ3) is 3.44. The normalized spacial score (nSPS) is 17.8. The summed E-state index contributed by atoms with van der Waals surface area (Å²) < 4.78 is 23.0. The Morgan fingerprint density at radius 3 is 2.39 bits per heavy atom. The fourth-order valence-electron chi connectivity index (χ4n) is 2.84. The number of hydrogen-bond donors (Lipinski definition) is 1. The molecule has 1 amide bonds. The predicted molar refractivity (Wildman–Crippen MR) is 87.8 cm³/mol. The summed E-state index contributed by atoms with van der Waals surface area (Å²) in [6, 6.07) is 9.17. The Bertz CT molecular complexity index is 768. The molecule has 0 unspecified atom stereocenters. The van der Waals surface area contributed by atoms with Crippen LogP contribution in [0.25, 0.3) is 11.3 Å². The first-order valence-corrected chi connectivity index (χ1v) is 9.36. The zero-order valence-electron chi connectivity index (χ0n) is 12.9. The summed E-state index contributed by atoms with van der Waals surface area (Å²) >= 11 is 0. The van der Waals surface area contributed by atoms with Gasteiger partial charge in [0.05, 0.1) is 17.2 Å². The van der Waals surface area contributed by atoms with Gasteiger partial charge in [-0.1, -0.05) is 12.1 Å². The lowest BCUT2D eigenvalue weighted by molar-refractivity contribution is 0.0722. The number of aromatic nitrogens is 2. The van der Waals surface area contributed by atoms with Gasteiger partial charge in [0.1, 0.15) is 9.84 Å². The molecule has 0 aliphatic carbocycles. The van der Waals surface area contributed by atoms with Gasteiger partial charge in [-0.2, -0.15) is 5.10 Å². The Hall–Kier alpha value is -2.15. The molecule has 7 heteroatoms. The highest BCUT2D eigenvalue weighted by Gasteiger charge is 2.28. The molecule has 0 radical (unpaired) electrons. The van der Waals surface area contributed by atoms with E-state index in [-0.39, 0.29) is 23.5 Å². The number of carbonyl (C=O) groups is 1. The van der Waals surface area contributed by atoms with Crippen LogP contribution in [-0.4, -0.2) is 54.0 Å². The van der Waals surface area contributed by atoms with Crippen LogP contribution in [0.1, 0.15) is 23.2 Å². The summed E-state index contributed by atoms with van der Waals surface area (Å²) in [5.41, 5.74) is 2.46. The molecule has 0 saturated carbocycles. The van der Waals surface area contributed by atoms with Crippen LogP contribution in [-0.2, 0) is 9.84 Å². The standard InChI is InChI=1S/C16H19N3O3S/c1-19(14-7-10-23(21,22)11-8-14)16(20)13-4-2-12(3-5-13)15-6-9-17-18-15/h2-6,9,14H,7-8,10-11H2,1H3,(H,17,18). The van der Waals surface area contributed by atoms with Gasteiger partial charge in [0.2, 0.25) is 0 Å². The molecule has 1 fully saturated rings. The second-order valence-corrected chi connectivity index (χ2v) is 8.15. The van der Waals surface area contributed by atoms with Gasteiger partial charge in [-0.25, -0.2) is 8.42 Å². The molecular formula is C16H19N3O3S. The molecule has 1 aromatic heterocycles. The van der Waals surface area contributed by atoms with Gasteiger partial charge in [0, 0.05) is 24.8 Å². The van der Waals surface area contributed by atoms with Crippen LogP contribution in [0.3, 0.4) is 0 Å². The van der Waals surface area contributed by atoms with Gasteiger partial charge < -0.3 is 4.90 Å². The van der Waals surface area contributed by atoms with Crippen molar-refractivity contribution < 1.29 is 13.2 Å². The van der Waals surface area contributed by atoms with E-state index in [1.54, 1.807) is 30.3 Å². The third-order valence-corrected chi connectivity index (χ3v) is 6.05. The van der Waals surface area contributed by atoms with Crippen LogP contribution < -0.4 is 0 Å². The summed E-state index contributed by atoms with van der Waals surface area (Å²) in [5.74, 6) is 0.243. The summed E-state index contributed by atoms with van der Waals surface area (Å²) in [6.45, 7) is 0. The number of carbonyl (C=O) groups excluding carboxylic acids is 1. The van der Waals surface area contributed by atoms with Crippen molar-refractivity contribution in [2.45, 2.75) is 18.9 Å². The van der Waals surface area contributed by atoms with E-state index in [1.165, 1.54) is 0 Å². The fraction of sp³-hybridized carbons (Fsp3) is 0.375. The molecule has 1 aliphatic heterocycles. The minimum atomic E-state index is -2.92. The first kappa shape index (κ1) is 15.7. The van der Waals surface area contributed by atoms with Gasteiger partial charge in [-0.3, -0.25) is 9.89 Å². The van der Waals surface area contributed by atoms with Gasteiger partial charge in [0.25, 0.3) is 5.91 Å². The maximum absolute atomic E-state index is 12.6. The molecule has 122 valence electrons. The molecule has 1 aliphatic rings. The van der Waals surface area contributed by atoms with Crippen molar-refractivity contribution in [2.75, 3.05) is 18.6 Å². The zero-order valence-corrected chi connectivity index (χ0v) is 13.7. The lowest BCUT2D eigenvalue weighted by atomic mass is 10.1. The second kappa shape index (κ2) is 6.16. The predicted octanol–water partition coefficient (Wildman–Crippen LogP) is 1.73. The van der Waals surface area contributed by atoms with E-state index >= 15 is 0 Å². The first-order valence-electron chi connectivity index (χ1n) is 7.54. The van der Waals surface area contributed by atoms with Crippen molar-refractivity contribution in [3.63, 3.8) is 0 Å². The van der Waals surface area contributed by atoms with Crippen molar-refractivity contribution in [1.82, 2.24) is 15.1 Å². The monoisotopic (exact) mass is 333 g/mol. The number of amides is 1. The van der Waals surface area contributed by atoms with Gasteiger partial charge in [-0.15, -0.1) is 0 Å². The largest absolute Gasteiger partial charge is 0.339 e. The number of hydrogen-bond acceptors (Lipinski definition) is 4. The molecule has 3 rings (SSSR count). The molecule has 0 spiro atoms. The Kier molecular flexibility index (Phi) is 4.21. The number of nitrogens with zero attached hydrogens (tertiary/aromatic N) is 2. The van der Waals surface area contributed by atoms with E-state index in [0.29, 0.717) is 18.4 Å². The second-order valence-electron chi connectivity index (χ2n) is 5.85. The van der Waals surface area contributed by atoms with Crippen LogP contribution >= 0.6 is 0 Å². The molecule has 2 heterocycles. The average molecular weight is 333 g/mol. The molecule has 2 aromatic rings. The number of aromatic amines is 1. The number of rotatable bonds is 3. The highest BCUT2D eigenvalue weighted by molar-refractivity contribution is 7.91. The van der Waals surface area contributed by atoms with Crippen LogP contribution in [0, 0.1) is 0 Å². The van der Waals surface area contributed by atoms with Crippen molar-refractivity contribution in [3.8, 4) is 11.3 Å². The highest BCUT2D eigenvalue weighted by Crippen LogP contribution is 2.21. The molecule has 1 N–H and O–H groups in total. The lowest BCUT2D eigenvalue weighted by Crippen LogP contribution is -2.42. The fourth-order valence-corrected chi connectivity index (χ4v) is 4.31. The van der Waals surface area contributed by atoms with Crippen LogP contribution in [0.15, 0.2) is 36.5 Å². The number of benzene rings is 1. The number of H-pyrrole nitrogens is 1. The Morgan fingerprint density at radius 2 is 1.83 bits per heavy atom. The molecular weight excluding hydrogens is 314 g/mol. The average Bonchev–Trinajstić information content (AvgIpc) is 3.08. The summed E-state index contributed by atoms with van der Waals surface area (Å²) in [5, 5.41) is 6.79. The Morgan fingerprint density at radius 1 is 1.17 bits per heavy atom. The van der Waals surface area contributed by atoms with E-state index in [4.69, 9.17) is 0 Å². The van der Waals surface area contributed by atoms with E-state index in [1.807, 2.05) is 18.2 Å². The third-order valence-electron chi connectivity index (χ3n) is 4.34. The number of sulfone groups is 1. The van der Waals surface area contributed by atoms with Crippen LogP contribution in [0.2, 0.25) is 0 Å². The summed E-state index contributed by atoms with van der Waals surface area (Å²) in [6.07, 6.45) is 2.70. The minimum Gasteiger partial charge on any atom is -0.339 e. The highest BCUT2D eigenvalue weighted by atomic mass is 32.2. The van der Waals surface area contributed by atoms with Crippen molar-refractivity contribution in [3.05, 3.63) is 42.1 Å². The van der Waals surface area contributed by atoms with E-state index in [2.05, 4.69) is 10.2 Å².